The van der Waals surface area contributed by atoms with E-state index in [1.807, 2.05) is 24.8 Å². The topological polar surface area (TPSA) is 51.6 Å². The second-order valence-electron chi connectivity index (χ2n) is 17.7. The molecule has 0 aliphatic rings. The van der Waals surface area contributed by atoms with Gasteiger partial charge >= 0.3 is 39.6 Å². The molecule has 0 aromatic carbocycles. The summed E-state index contributed by atoms with van der Waals surface area (Å²) in [5.74, 6) is 0. The zero-order valence-electron chi connectivity index (χ0n) is 40.4. The maximum atomic E-state index is 4.60. The van der Waals surface area contributed by atoms with Gasteiger partial charge in [0.1, 0.15) is 0 Å². The Labute approximate surface area is 408 Å². The molecule has 0 fully saturated rings. The summed E-state index contributed by atoms with van der Waals surface area (Å²) < 4.78 is 0. The van der Waals surface area contributed by atoms with Crippen molar-refractivity contribution in [3.8, 4) is 22.8 Å². The van der Waals surface area contributed by atoms with Crippen LogP contribution in [-0.2, 0) is 37.0 Å². The van der Waals surface area contributed by atoms with Crippen LogP contribution in [0.25, 0.3) is 22.8 Å². The summed E-state index contributed by atoms with van der Waals surface area (Å²) in [6.45, 7) is 9.12. The molecule has 0 spiro atoms. The predicted molar refractivity (Wildman–Crippen MR) is 280 cm³/mol. The zero-order valence-corrected chi connectivity index (χ0v) is 44.5. The standard InChI is InChI=1S/2C28H44N2.2BrH.Cu/c2*1-3-5-7-9-11-13-15-17-25-19-21-29-27(23-25)28-24-26(20-22-30-28)18-16-14-12-10-8-6-4-2;;;/h2*19-24H,3-18H2,1-2H3;2*1H;/q;;;;+2/p-2. The molecule has 0 bridgehead atoms. The quantitative estimate of drug-likeness (QED) is 0.0346. The molecule has 0 unspecified atom stereocenters. The van der Waals surface area contributed by atoms with E-state index in [2.05, 4.69) is 124 Å². The van der Waals surface area contributed by atoms with Gasteiger partial charge in [-0.2, -0.15) is 0 Å². The second kappa shape index (κ2) is 41.5. The van der Waals surface area contributed by atoms with Crippen molar-refractivity contribution in [2.24, 2.45) is 0 Å². The van der Waals surface area contributed by atoms with Crippen LogP contribution in [0.15, 0.2) is 73.3 Å². The third kappa shape index (κ3) is 30.1. The first-order valence-electron chi connectivity index (χ1n) is 25.7. The van der Waals surface area contributed by atoms with Gasteiger partial charge in [-0.15, -0.1) is 0 Å². The van der Waals surface area contributed by atoms with Gasteiger partial charge in [0.25, 0.3) is 0 Å². The van der Waals surface area contributed by atoms with E-state index >= 15 is 0 Å². The van der Waals surface area contributed by atoms with E-state index in [1.165, 1.54) is 213 Å². The van der Waals surface area contributed by atoms with Crippen molar-refractivity contribution in [3.05, 3.63) is 95.6 Å². The molecule has 0 atom stereocenters. The van der Waals surface area contributed by atoms with Gasteiger partial charge < -0.3 is 0 Å². The molecule has 0 saturated carbocycles. The first kappa shape index (κ1) is 57.2. The Morgan fingerprint density at radius 2 is 0.476 bits per heavy atom. The zero-order chi connectivity index (χ0) is 45.3. The van der Waals surface area contributed by atoms with E-state index in [1.54, 1.807) is 0 Å². The van der Waals surface area contributed by atoms with Crippen LogP contribution < -0.4 is 0 Å². The normalized spacial score (nSPS) is 11.0. The number of hydrogen-bond acceptors (Lipinski definition) is 4. The van der Waals surface area contributed by atoms with Gasteiger partial charge in [0, 0.05) is 24.8 Å². The van der Waals surface area contributed by atoms with Crippen LogP contribution in [0.1, 0.15) is 230 Å². The summed E-state index contributed by atoms with van der Waals surface area (Å²) in [5, 5.41) is 0. The van der Waals surface area contributed by atoms with E-state index in [4.69, 9.17) is 0 Å². The molecular formula is C56H88Br2CuN4. The molecule has 7 heteroatoms. The molecule has 4 aromatic heterocycles. The molecule has 0 aliphatic heterocycles. The summed E-state index contributed by atoms with van der Waals surface area (Å²) >= 11 is 7.38. The van der Waals surface area contributed by atoms with Crippen molar-refractivity contribution in [1.29, 1.82) is 0 Å². The summed E-state index contributed by atoms with van der Waals surface area (Å²) in [6, 6.07) is 17.7. The SMILES string of the molecule is CCCCCCCCCc1ccnc(-c2cc(CCCCCCCCC)ccn2)c1.CCCCCCCCCc1ccnc(-c2cc(CCCCCCCCC)ccn2)c1.[Br][Cu][Br]. The summed E-state index contributed by atoms with van der Waals surface area (Å²) in [5.41, 5.74) is 9.68. The van der Waals surface area contributed by atoms with Gasteiger partial charge in [-0.3, -0.25) is 19.9 Å². The third-order valence-corrected chi connectivity index (χ3v) is 12.1. The molecule has 63 heavy (non-hydrogen) atoms. The fraction of sp³-hybridized carbons (Fsp3) is 0.643. The Bertz CT molecular complexity index is 1400. The van der Waals surface area contributed by atoms with Crippen LogP contribution in [-0.4, -0.2) is 19.9 Å². The Morgan fingerprint density at radius 3 is 0.667 bits per heavy atom. The monoisotopic (exact) mass is 1040 g/mol. The molecule has 0 aliphatic carbocycles. The van der Waals surface area contributed by atoms with Crippen LogP contribution in [0.5, 0.6) is 0 Å². The Kier molecular flexibility index (Phi) is 37.7. The number of halogens is 2. The van der Waals surface area contributed by atoms with Crippen molar-refractivity contribution >= 4 is 28.2 Å². The van der Waals surface area contributed by atoms with E-state index < -0.39 is 0 Å². The number of unbranched alkanes of at least 4 members (excludes halogenated alkanes) is 24. The van der Waals surface area contributed by atoms with Crippen LogP contribution in [0.3, 0.4) is 0 Å². The molecule has 4 rings (SSSR count). The summed E-state index contributed by atoms with van der Waals surface area (Å²) in [4.78, 5) is 18.4. The predicted octanol–water partition coefficient (Wildman–Crippen LogP) is 19.1. The van der Waals surface area contributed by atoms with Crippen molar-refractivity contribution < 1.29 is 11.3 Å². The maximum absolute atomic E-state index is 4.60. The van der Waals surface area contributed by atoms with E-state index in [0.29, 0.717) is 0 Å². The van der Waals surface area contributed by atoms with Crippen LogP contribution in [0, 0.1) is 0 Å². The molecule has 4 nitrogen and oxygen atoms in total. The molecule has 357 valence electrons. The fourth-order valence-electron chi connectivity index (χ4n) is 8.22. The first-order chi connectivity index (χ1) is 31.1. The average Bonchev–Trinajstić information content (AvgIpc) is 3.31. The number of aryl methyl sites for hydroxylation is 4. The van der Waals surface area contributed by atoms with Gasteiger partial charge in [0.05, 0.1) is 22.8 Å². The summed E-state index contributed by atoms with van der Waals surface area (Å²) in [7, 11) is 0. The number of nitrogens with zero attached hydrogens (tertiary/aromatic N) is 4. The molecule has 0 amide bonds. The fourth-order valence-corrected chi connectivity index (χ4v) is 8.22. The third-order valence-electron chi connectivity index (χ3n) is 12.1. The van der Waals surface area contributed by atoms with Crippen LogP contribution in [0.4, 0.5) is 0 Å². The molecular weight excluding hydrogens is 952 g/mol. The number of aromatic nitrogens is 4. The molecule has 0 N–H and O–H groups in total. The van der Waals surface area contributed by atoms with Crippen molar-refractivity contribution in [1.82, 2.24) is 19.9 Å². The Morgan fingerprint density at radius 1 is 0.302 bits per heavy atom. The second-order valence-corrected chi connectivity index (χ2v) is 22.5. The van der Waals surface area contributed by atoms with E-state index in [9.17, 15) is 0 Å². The van der Waals surface area contributed by atoms with Crippen LogP contribution in [0.2, 0.25) is 0 Å². The van der Waals surface area contributed by atoms with Crippen molar-refractivity contribution in [2.75, 3.05) is 0 Å². The van der Waals surface area contributed by atoms with Gasteiger partial charge in [-0.05, 0) is 122 Å². The Hall–Kier alpha value is -1.92. The number of rotatable bonds is 34. The molecule has 0 saturated heterocycles. The molecule has 4 heterocycles. The van der Waals surface area contributed by atoms with Gasteiger partial charge in [-0.25, -0.2) is 0 Å². The van der Waals surface area contributed by atoms with E-state index in [-0.39, 0.29) is 0 Å². The average molecular weight is 1040 g/mol. The van der Waals surface area contributed by atoms with Gasteiger partial charge in [0.2, 0.25) is 0 Å². The Balaban J connectivity index is 0.000000408. The minimum atomic E-state index is 1.02. The van der Waals surface area contributed by atoms with Gasteiger partial charge in [-0.1, -0.05) is 182 Å². The number of pyridine rings is 4. The minimum absolute atomic E-state index is 1.02. The van der Waals surface area contributed by atoms with E-state index in [0.717, 1.165) is 48.5 Å². The molecule has 4 aromatic rings. The van der Waals surface area contributed by atoms with Gasteiger partial charge in [0.15, 0.2) is 0 Å². The first-order valence-corrected chi connectivity index (χ1v) is 30.4. The van der Waals surface area contributed by atoms with Crippen molar-refractivity contribution in [3.63, 3.8) is 0 Å². The number of hydrogen-bond donors (Lipinski definition) is 0. The summed E-state index contributed by atoms with van der Waals surface area (Å²) in [6.07, 6.45) is 50.4. The van der Waals surface area contributed by atoms with Crippen LogP contribution >= 0.6 is 28.2 Å². The van der Waals surface area contributed by atoms with Crippen molar-refractivity contribution in [2.45, 2.75) is 233 Å². The molecule has 0 radical (unpaired) electrons.